The number of nitrogens with zero attached hydrogens (tertiary/aromatic N) is 2. The highest BCUT2D eigenvalue weighted by atomic mass is 15.1. The largest absolute Gasteiger partial charge is 0.311 e. The summed E-state index contributed by atoms with van der Waals surface area (Å²) in [5.74, 6) is 0. The Morgan fingerprint density at radius 1 is 0.212 bits per heavy atom. The van der Waals surface area contributed by atoms with Gasteiger partial charge in [-0.15, -0.1) is 0 Å². The van der Waals surface area contributed by atoms with Gasteiger partial charge in [0.1, 0.15) is 0 Å². The van der Waals surface area contributed by atoms with Crippen molar-refractivity contribution < 1.29 is 0 Å². The van der Waals surface area contributed by atoms with E-state index in [-0.39, 0.29) is 0 Å². The van der Waals surface area contributed by atoms with Crippen molar-refractivity contribution in [3.05, 3.63) is 218 Å². The molecule has 52 heavy (non-hydrogen) atoms. The third kappa shape index (κ3) is 6.08. The van der Waals surface area contributed by atoms with E-state index in [0.717, 1.165) is 34.1 Å². The fourth-order valence-corrected chi connectivity index (χ4v) is 7.24. The van der Waals surface area contributed by atoms with E-state index in [9.17, 15) is 0 Å². The molecule has 2 nitrogen and oxygen atoms in total. The van der Waals surface area contributed by atoms with Crippen molar-refractivity contribution in [2.75, 3.05) is 9.80 Å². The maximum absolute atomic E-state index is 2.31. The molecule has 0 aliphatic carbocycles. The third-order valence-corrected chi connectivity index (χ3v) is 9.81. The van der Waals surface area contributed by atoms with E-state index in [1.165, 1.54) is 43.8 Å². The molecule has 0 heterocycles. The Balaban J connectivity index is 0.994. The average Bonchev–Trinajstić information content (AvgIpc) is 3.23. The van der Waals surface area contributed by atoms with Gasteiger partial charge < -0.3 is 9.80 Å². The minimum absolute atomic E-state index is 1.13. The third-order valence-electron chi connectivity index (χ3n) is 9.81. The first-order valence-corrected chi connectivity index (χ1v) is 17.8. The van der Waals surface area contributed by atoms with Crippen molar-refractivity contribution >= 4 is 55.7 Å². The molecule has 0 unspecified atom stereocenters. The summed E-state index contributed by atoms with van der Waals surface area (Å²) in [6.07, 6.45) is 0. The lowest BCUT2D eigenvalue weighted by Gasteiger charge is -2.25. The smallest absolute Gasteiger partial charge is 0.0462 e. The minimum atomic E-state index is 1.13. The monoisotopic (exact) mass is 664 g/mol. The van der Waals surface area contributed by atoms with Crippen LogP contribution in [0.3, 0.4) is 0 Å². The van der Waals surface area contributed by atoms with Crippen molar-refractivity contribution in [1.29, 1.82) is 0 Å². The molecule has 0 radical (unpaired) electrons. The van der Waals surface area contributed by atoms with Crippen LogP contribution in [-0.4, -0.2) is 0 Å². The number of hydrogen-bond acceptors (Lipinski definition) is 2. The molecule has 0 fully saturated rings. The Morgan fingerprint density at radius 3 is 0.788 bits per heavy atom. The van der Waals surface area contributed by atoms with Gasteiger partial charge in [-0.05, 0) is 129 Å². The summed E-state index contributed by atoms with van der Waals surface area (Å²) in [6, 6.07) is 78.1. The maximum Gasteiger partial charge on any atom is 0.0462 e. The Bertz CT molecular complexity index is 2320. The molecule has 2 heteroatoms. The van der Waals surface area contributed by atoms with Crippen LogP contribution in [0.5, 0.6) is 0 Å². The number of fused-ring (bicyclic) bond motifs is 3. The summed E-state index contributed by atoms with van der Waals surface area (Å²) >= 11 is 0. The van der Waals surface area contributed by atoms with Crippen molar-refractivity contribution in [3.8, 4) is 22.3 Å². The summed E-state index contributed by atoms with van der Waals surface area (Å²) in [5, 5.41) is 5.01. The number of hydrogen-bond donors (Lipinski definition) is 0. The van der Waals surface area contributed by atoms with E-state index in [4.69, 9.17) is 0 Å². The normalized spacial score (nSPS) is 11.1. The lowest BCUT2D eigenvalue weighted by Crippen LogP contribution is -2.09. The van der Waals surface area contributed by atoms with E-state index in [2.05, 4.69) is 228 Å². The zero-order valence-electron chi connectivity index (χ0n) is 28.7. The van der Waals surface area contributed by atoms with Gasteiger partial charge in [0.25, 0.3) is 0 Å². The van der Waals surface area contributed by atoms with E-state index in [1.807, 2.05) is 0 Å². The molecule has 9 aromatic carbocycles. The van der Waals surface area contributed by atoms with Gasteiger partial charge in [-0.3, -0.25) is 0 Å². The molecule has 0 spiro atoms. The Morgan fingerprint density at radius 2 is 0.481 bits per heavy atom. The highest BCUT2D eigenvalue weighted by Gasteiger charge is 2.14. The van der Waals surface area contributed by atoms with E-state index in [1.54, 1.807) is 0 Å². The number of rotatable bonds is 8. The predicted octanol–water partition coefficient (Wildman–Crippen LogP) is 14.3. The van der Waals surface area contributed by atoms with Gasteiger partial charge in [-0.1, -0.05) is 133 Å². The number of anilines is 6. The molecule has 0 atom stereocenters. The van der Waals surface area contributed by atoms with Crippen LogP contribution in [0.15, 0.2) is 218 Å². The summed E-state index contributed by atoms with van der Waals surface area (Å²) in [4.78, 5) is 4.59. The summed E-state index contributed by atoms with van der Waals surface area (Å²) < 4.78 is 0. The molecule has 0 aromatic heterocycles. The van der Waals surface area contributed by atoms with Gasteiger partial charge in [0.15, 0.2) is 0 Å². The zero-order chi connectivity index (χ0) is 34.7. The molecule has 9 rings (SSSR count). The Kier molecular flexibility index (Phi) is 8.24. The van der Waals surface area contributed by atoms with Gasteiger partial charge in [0.2, 0.25) is 0 Å². The second-order valence-electron chi connectivity index (χ2n) is 13.0. The van der Waals surface area contributed by atoms with Crippen molar-refractivity contribution in [1.82, 2.24) is 0 Å². The zero-order valence-corrected chi connectivity index (χ0v) is 28.7. The molecule has 0 saturated carbocycles. The summed E-state index contributed by atoms with van der Waals surface area (Å²) in [7, 11) is 0. The maximum atomic E-state index is 2.31. The Hall–Kier alpha value is -6.90. The highest BCUT2D eigenvalue weighted by molar-refractivity contribution is 6.09. The molecule has 0 bridgehead atoms. The lowest BCUT2D eigenvalue weighted by atomic mass is 9.95. The van der Waals surface area contributed by atoms with Crippen LogP contribution in [0.2, 0.25) is 0 Å². The lowest BCUT2D eigenvalue weighted by molar-refractivity contribution is 1.28. The van der Waals surface area contributed by atoms with Crippen LogP contribution in [0, 0.1) is 0 Å². The highest BCUT2D eigenvalue weighted by Crippen LogP contribution is 2.38. The van der Waals surface area contributed by atoms with Crippen LogP contribution in [0.1, 0.15) is 0 Å². The topological polar surface area (TPSA) is 6.48 Å². The van der Waals surface area contributed by atoms with Crippen molar-refractivity contribution in [2.24, 2.45) is 0 Å². The van der Waals surface area contributed by atoms with Crippen LogP contribution >= 0.6 is 0 Å². The van der Waals surface area contributed by atoms with Gasteiger partial charge in [-0.25, -0.2) is 0 Å². The molecule has 246 valence electrons. The van der Waals surface area contributed by atoms with Gasteiger partial charge in [0.05, 0.1) is 0 Å². The molecular weight excluding hydrogens is 629 g/mol. The van der Waals surface area contributed by atoms with E-state index < -0.39 is 0 Å². The first-order valence-electron chi connectivity index (χ1n) is 17.8. The molecule has 0 saturated heterocycles. The second kappa shape index (κ2) is 13.8. The minimum Gasteiger partial charge on any atom is -0.311 e. The fraction of sp³-hybridized carbons (Fsp3) is 0. The van der Waals surface area contributed by atoms with Crippen LogP contribution in [0.25, 0.3) is 43.8 Å². The van der Waals surface area contributed by atoms with Gasteiger partial charge in [0, 0.05) is 34.1 Å². The van der Waals surface area contributed by atoms with Crippen LogP contribution < -0.4 is 9.80 Å². The second-order valence-corrected chi connectivity index (χ2v) is 13.0. The standard InChI is InChI=1S/C50H36N2/c1-5-13-43(14-6-1)51(44-15-7-2-8-16-44)47-29-23-37(24-30-47)39-27-33-49-41(35-39)21-22-42-36-40(28-34-50(42)49)38-25-31-48(32-26-38)52(45-17-9-3-10-18-45)46-19-11-4-12-20-46/h1-36H. The molecule has 0 N–H and O–H groups in total. The summed E-state index contributed by atoms with van der Waals surface area (Å²) in [5.41, 5.74) is 11.6. The van der Waals surface area contributed by atoms with E-state index in [0.29, 0.717) is 0 Å². The number of benzene rings is 9. The fourth-order valence-electron chi connectivity index (χ4n) is 7.24. The first-order chi connectivity index (χ1) is 25.8. The van der Waals surface area contributed by atoms with Crippen molar-refractivity contribution in [2.45, 2.75) is 0 Å². The molecule has 0 amide bonds. The predicted molar refractivity (Wildman–Crippen MR) is 222 cm³/mol. The molecule has 0 aliphatic heterocycles. The first kappa shape index (κ1) is 31.1. The van der Waals surface area contributed by atoms with Gasteiger partial charge >= 0.3 is 0 Å². The average molecular weight is 665 g/mol. The molecular formula is C50H36N2. The molecule has 0 aliphatic rings. The van der Waals surface area contributed by atoms with Crippen LogP contribution in [0.4, 0.5) is 34.1 Å². The molecule has 9 aromatic rings. The summed E-state index contributed by atoms with van der Waals surface area (Å²) in [6.45, 7) is 0. The van der Waals surface area contributed by atoms with E-state index >= 15 is 0 Å². The number of para-hydroxylation sites is 4. The van der Waals surface area contributed by atoms with Crippen molar-refractivity contribution in [3.63, 3.8) is 0 Å². The van der Waals surface area contributed by atoms with Gasteiger partial charge in [-0.2, -0.15) is 0 Å². The SMILES string of the molecule is c1ccc(N(c2ccccc2)c2ccc(-c3ccc4c(ccc5cc(-c6ccc(N(c7ccccc7)c7ccccc7)cc6)ccc54)c3)cc2)cc1. The van der Waals surface area contributed by atoms with Crippen LogP contribution in [-0.2, 0) is 0 Å². The Labute approximate surface area is 305 Å². The quantitative estimate of drug-likeness (QED) is 0.149.